The molecular weight excluding hydrogens is 656 g/mol. The number of nitrogens with zero attached hydrogens (tertiary/aromatic N) is 7. The molecule has 0 aliphatic carbocycles. The number of likely N-dealkylation sites (tertiary alicyclic amines) is 2. The van der Waals surface area contributed by atoms with Crippen molar-refractivity contribution in [2.24, 2.45) is 5.92 Å². The molecule has 6 aromatic rings. The Bertz CT molecular complexity index is 2380. The molecule has 12 nitrogen and oxygen atoms in total. The van der Waals surface area contributed by atoms with Crippen LogP contribution in [0.4, 0.5) is 11.5 Å². The number of aliphatic carboxylic acids is 1. The van der Waals surface area contributed by atoms with E-state index in [1.807, 2.05) is 55.6 Å². The first-order chi connectivity index (χ1) is 25.2. The third kappa shape index (κ3) is 6.46. The monoisotopic (exact) mass is 694 g/mol. The number of anilines is 2. The van der Waals surface area contributed by atoms with Gasteiger partial charge in [0, 0.05) is 50.2 Å². The Hall–Kier alpha value is -5.74. The number of carboxylic acids is 1. The van der Waals surface area contributed by atoms with Crippen molar-refractivity contribution in [3.63, 3.8) is 0 Å². The maximum absolute atomic E-state index is 11.5. The topological polar surface area (TPSA) is 165 Å². The van der Waals surface area contributed by atoms with Crippen LogP contribution in [-0.2, 0) is 17.9 Å². The van der Waals surface area contributed by atoms with Gasteiger partial charge in [-0.1, -0.05) is 24.3 Å². The molecule has 2 saturated heterocycles. The number of carboxylic acid groups (broad SMARTS) is 1. The van der Waals surface area contributed by atoms with Crippen LogP contribution in [0.5, 0.6) is 0 Å². The maximum Gasteiger partial charge on any atom is 0.307 e. The van der Waals surface area contributed by atoms with Gasteiger partial charge in [0.25, 0.3) is 0 Å². The zero-order valence-corrected chi connectivity index (χ0v) is 29.0. The van der Waals surface area contributed by atoms with Crippen molar-refractivity contribution >= 4 is 39.6 Å². The lowest BCUT2D eigenvalue weighted by atomic mass is 9.93. The van der Waals surface area contributed by atoms with Crippen molar-refractivity contribution in [3.8, 4) is 28.7 Å². The number of benzene rings is 3. The number of fused-ring (bicyclic) bond motifs is 2. The molecule has 12 heteroatoms. The molecule has 0 saturated carbocycles. The van der Waals surface area contributed by atoms with Gasteiger partial charge in [0.15, 0.2) is 11.4 Å². The average molecular weight is 695 g/mol. The molecule has 2 atom stereocenters. The highest BCUT2D eigenvalue weighted by Gasteiger charge is 2.28. The summed E-state index contributed by atoms with van der Waals surface area (Å²) < 4.78 is 6.27. The minimum absolute atomic E-state index is 0.270. The molecule has 0 spiro atoms. The molecule has 2 fully saturated rings. The molecule has 0 radical (unpaired) electrons. The third-order valence-corrected chi connectivity index (χ3v) is 10.3. The van der Waals surface area contributed by atoms with Gasteiger partial charge >= 0.3 is 5.97 Å². The highest BCUT2D eigenvalue weighted by molar-refractivity contribution is 5.89. The van der Waals surface area contributed by atoms with E-state index in [-0.39, 0.29) is 12.0 Å². The van der Waals surface area contributed by atoms with Crippen molar-refractivity contribution < 1.29 is 19.4 Å². The van der Waals surface area contributed by atoms with E-state index in [1.54, 1.807) is 6.33 Å². The minimum atomic E-state index is -0.769. The summed E-state index contributed by atoms with van der Waals surface area (Å²) in [6, 6.07) is 20.2. The van der Waals surface area contributed by atoms with Crippen LogP contribution < -0.4 is 5.32 Å². The van der Waals surface area contributed by atoms with E-state index in [9.17, 15) is 20.3 Å². The zero-order chi connectivity index (χ0) is 35.9. The van der Waals surface area contributed by atoms with Crippen LogP contribution in [-0.4, -0.2) is 78.2 Å². The maximum atomic E-state index is 11.5. The Kier molecular flexibility index (Phi) is 8.84. The Labute approximate surface area is 300 Å². The summed E-state index contributed by atoms with van der Waals surface area (Å²) in [5.41, 5.74) is 10.6. The molecule has 8 rings (SSSR count). The number of carbonyl (C=O) groups is 1. The predicted molar refractivity (Wildman–Crippen MR) is 197 cm³/mol. The third-order valence-electron chi connectivity index (χ3n) is 10.3. The minimum Gasteiger partial charge on any atom is -0.481 e. The van der Waals surface area contributed by atoms with Gasteiger partial charge < -0.3 is 19.9 Å². The van der Waals surface area contributed by atoms with Crippen LogP contribution in [0.1, 0.15) is 40.7 Å². The van der Waals surface area contributed by atoms with E-state index >= 15 is 0 Å². The van der Waals surface area contributed by atoms with Gasteiger partial charge in [0.05, 0.1) is 23.1 Å². The van der Waals surface area contributed by atoms with Crippen LogP contribution in [0.3, 0.4) is 0 Å². The smallest absolute Gasteiger partial charge is 0.307 e. The van der Waals surface area contributed by atoms with E-state index in [2.05, 4.69) is 50.2 Å². The summed E-state index contributed by atoms with van der Waals surface area (Å²) >= 11 is 0. The van der Waals surface area contributed by atoms with Crippen LogP contribution in [0.15, 0.2) is 71.5 Å². The van der Waals surface area contributed by atoms with E-state index in [0.29, 0.717) is 73.0 Å². The van der Waals surface area contributed by atoms with Crippen molar-refractivity contribution in [3.05, 3.63) is 94.9 Å². The Balaban J connectivity index is 1.07. The molecule has 0 unspecified atom stereocenters. The van der Waals surface area contributed by atoms with Crippen LogP contribution in [0.25, 0.3) is 44.7 Å². The van der Waals surface area contributed by atoms with Gasteiger partial charge in [-0.3, -0.25) is 19.6 Å². The molecule has 2 aliphatic heterocycles. The first-order valence-electron chi connectivity index (χ1n) is 17.5. The first-order valence-corrected chi connectivity index (χ1v) is 17.5. The van der Waals surface area contributed by atoms with Gasteiger partial charge in [0.2, 0.25) is 5.89 Å². The number of hydrogen-bond acceptors (Lipinski definition) is 11. The van der Waals surface area contributed by atoms with Gasteiger partial charge in [-0.05, 0) is 96.9 Å². The summed E-state index contributed by atoms with van der Waals surface area (Å²) in [6.45, 7) is 8.09. The molecule has 0 amide bonds. The van der Waals surface area contributed by atoms with Crippen LogP contribution >= 0.6 is 0 Å². The quantitative estimate of drug-likeness (QED) is 0.157. The number of oxazole rings is 1. The molecule has 3 aromatic carbocycles. The average Bonchev–Trinajstić information content (AvgIpc) is 3.89. The lowest BCUT2D eigenvalue weighted by molar-refractivity contribution is -0.141. The molecule has 262 valence electrons. The zero-order valence-electron chi connectivity index (χ0n) is 29.0. The molecule has 0 bridgehead atoms. The molecule has 5 heterocycles. The Morgan fingerprint density at radius 3 is 2.42 bits per heavy atom. The SMILES string of the molecule is Cc1c(Nc2ncnc3cc(CN4CC[C@@H](O)C4)cnc23)cccc1-c1cccc(-c2nc3cc(CN4CC[C@@H](C(=O)O)C4)cc(C#N)c3o2)c1C. The number of aliphatic hydroxyl groups excluding tert-OH is 1. The number of nitriles is 1. The summed E-state index contributed by atoms with van der Waals surface area (Å²) in [4.78, 5) is 34.4. The molecule has 52 heavy (non-hydrogen) atoms. The van der Waals surface area contributed by atoms with Gasteiger partial charge in [-0.25, -0.2) is 15.0 Å². The van der Waals surface area contributed by atoms with E-state index in [4.69, 9.17) is 14.4 Å². The summed E-state index contributed by atoms with van der Waals surface area (Å²) in [5, 5.41) is 32.8. The second-order valence-corrected chi connectivity index (χ2v) is 13.9. The Morgan fingerprint density at radius 2 is 1.65 bits per heavy atom. The fourth-order valence-electron chi connectivity index (χ4n) is 7.54. The van der Waals surface area contributed by atoms with Crippen molar-refractivity contribution in [2.45, 2.75) is 45.9 Å². The van der Waals surface area contributed by atoms with Crippen LogP contribution in [0.2, 0.25) is 0 Å². The number of pyridine rings is 1. The molecule has 2 aliphatic rings. The number of nitrogens with one attached hydrogen (secondary N) is 1. The first kappa shape index (κ1) is 33.4. The molecule has 3 aromatic heterocycles. The molecule has 3 N–H and O–H groups in total. The van der Waals surface area contributed by atoms with Crippen molar-refractivity contribution in [2.75, 3.05) is 31.5 Å². The molecular formula is C40H38N8O4. The largest absolute Gasteiger partial charge is 0.481 e. The van der Waals surface area contributed by atoms with Crippen LogP contribution in [0, 0.1) is 31.1 Å². The summed E-state index contributed by atoms with van der Waals surface area (Å²) in [6.07, 6.45) is 4.54. The highest BCUT2D eigenvalue weighted by atomic mass is 16.4. The van der Waals surface area contributed by atoms with E-state index in [1.165, 1.54) is 0 Å². The lowest BCUT2D eigenvalue weighted by Crippen LogP contribution is -2.22. The predicted octanol–water partition coefficient (Wildman–Crippen LogP) is 6.21. The fourth-order valence-corrected chi connectivity index (χ4v) is 7.54. The number of hydrogen-bond donors (Lipinski definition) is 3. The van der Waals surface area contributed by atoms with E-state index < -0.39 is 5.97 Å². The van der Waals surface area contributed by atoms with Gasteiger partial charge in [0.1, 0.15) is 23.4 Å². The standard InChI is InChI=1S/C40H38N8O4/c1-23-30(5-3-7-32(23)39-46-35-14-25(13-28(16-41)37(35)52-39)18-47-11-9-27(20-47)40(50)51)31-6-4-8-33(24(31)2)45-38-36-34(43-22-44-38)15-26(17-42-36)19-48-12-10-29(49)21-48/h3-8,13-15,17,22,27,29,49H,9-12,18-21H2,1-2H3,(H,50,51)(H,43,44,45)/t27-,29-/m1/s1. The van der Waals surface area contributed by atoms with E-state index in [0.717, 1.165) is 63.1 Å². The lowest BCUT2D eigenvalue weighted by Gasteiger charge is -2.17. The number of β-amino-alcohol motifs (C(OH)–C–C–N with tert-alkyl or cyclic N) is 1. The Morgan fingerprint density at radius 1 is 0.923 bits per heavy atom. The second kappa shape index (κ2) is 13.8. The normalized spacial score (nSPS) is 18.0. The number of aliphatic hydroxyl groups is 1. The van der Waals surface area contributed by atoms with Crippen molar-refractivity contribution in [1.29, 1.82) is 5.26 Å². The summed E-state index contributed by atoms with van der Waals surface area (Å²) in [5.74, 6) is -0.0897. The van der Waals surface area contributed by atoms with Crippen molar-refractivity contribution in [1.82, 2.24) is 29.7 Å². The summed E-state index contributed by atoms with van der Waals surface area (Å²) in [7, 11) is 0. The number of aromatic nitrogens is 4. The second-order valence-electron chi connectivity index (χ2n) is 13.9. The highest BCUT2D eigenvalue weighted by Crippen LogP contribution is 2.38. The fraction of sp³-hybridized carbons (Fsp3) is 0.300. The van der Waals surface area contributed by atoms with Gasteiger partial charge in [-0.15, -0.1) is 0 Å². The van der Waals surface area contributed by atoms with Gasteiger partial charge in [-0.2, -0.15) is 5.26 Å². The number of rotatable bonds is 9.